The van der Waals surface area contributed by atoms with Crippen LogP contribution >= 0.6 is 50.7 Å². The minimum atomic E-state index is -0.286. The highest BCUT2D eigenvalue weighted by Gasteiger charge is 2.15. The maximum Gasteiger partial charge on any atom is 0.127 e. The molecule has 0 aliphatic rings. The van der Waals surface area contributed by atoms with Gasteiger partial charge >= 0.3 is 0 Å². The van der Waals surface area contributed by atoms with Gasteiger partial charge in [0.05, 0.1) is 15.1 Å². The molecule has 0 aliphatic heterocycles. The van der Waals surface area contributed by atoms with Crippen molar-refractivity contribution in [3.8, 4) is 11.1 Å². The third kappa shape index (κ3) is 2.53. The first-order valence-electron chi connectivity index (χ1n) is 5.03. The molecule has 0 heterocycles. The number of halogens is 5. The maximum absolute atomic E-state index is 13.7. The normalized spacial score (nSPS) is 10.7. The highest BCUT2D eigenvalue weighted by Crippen LogP contribution is 2.39. The quantitative estimate of drug-likeness (QED) is 0.428. The number of benzene rings is 2. The Hall–Kier alpha value is -0.280. The van der Waals surface area contributed by atoms with Crippen molar-refractivity contribution >= 4 is 50.7 Å². The van der Waals surface area contributed by atoms with Gasteiger partial charge in [0.1, 0.15) is 5.82 Å². The SMILES string of the molecule is Fc1cccc(-c2ccc(Cl)c(Cl)c2Cl)c1CBr. The highest BCUT2D eigenvalue weighted by molar-refractivity contribution is 9.08. The molecule has 0 amide bonds. The van der Waals surface area contributed by atoms with Gasteiger partial charge in [0.2, 0.25) is 0 Å². The molecule has 0 aliphatic carbocycles. The van der Waals surface area contributed by atoms with Crippen molar-refractivity contribution in [2.75, 3.05) is 0 Å². The molecule has 0 aromatic heterocycles. The van der Waals surface area contributed by atoms with Crippen molar-refractivity contribution in [3.63, 3.8) is 0 Å². The molecule has 0 unspecified atom stereocenters. The van der Waals surface area contributed by atoms with Gasteiger partial charge < -0.3 is 0 Å². The van der Waals surface area contributed by atoms with E-state index < -0.39 is 0 Å². The van der Waals surface area contributed by atoms with Gasteiger partial charge in [0.15, 0.2) is 0 Å². The van der Waals surface area contributed by atoms with Gasteiger partial charge in [-0.25, -0.2) is 4.39 Å². The number of rotatable bonds is 2. The molecule has 0 atom stereocenters. The van der Waals surface area contributed by atoms with E-state index in [0.717, 1.165) is 0 Å². The highest BCUT2D eigenvalue weighted by atomic mass is 79.9. The molecule has 5 heteroatoms. The van der Waals surface area contributed by atoms with Crippen LogP contribution in [0.5, 0.6) is 0 Å². The molecule has 94 valence electrons. The summed E-state index contributed by atoms with van der Waals surface area (Å²) in [5.41, 5.74) is 1.91. The van der Waals surface area contributed by atoms with Crippen molar-refractivity contribution < 1.29 is 4.39 Å². The summed E-state index contributed by atoms with van der Waals surface area (Å²) in [6.45, 7) is 0. The van der Waals surface area contributed by atoms with Crippen LogP contribution in [0, 0.1) is 5.82 Å². The lowest BCUT2D eigenvalue weighted by molar-refractivity contribution is 0.618. The molecule has 2 rings (SSSR count). The molecule has 18 heavy (non-hydrogen) atoms. The van der Waals surface area contributed by atoms with E-state index in [9.17, 15) is 4.39 Å². The number of hydrogen-bond acceptors (Lipinski definition) is 0. The Labute approximate surface area is 128 Å². The molecule has 0 bridgehead atoms. The second kappa shape index (κ2) is 5.79. The van der Waals surface area contributed by atoms with Gasteiger partial charge in [-0.05, 0) is 17.7 Å². The average Bonchev–Trinajstić information content (AvgIpc) is 2.36. The van der Waals surface area contributed by atoms with Crippen LogP contribution in [0.4, 0.5) is 4.39 Å². The smallest absolute Gasteiger partial charge is 0.127 e. The minimum absolute atomic E-state index is 0.278. The molecule has 0 radical (unpaired) electrons. The first kappa shape index (κ1) is 14.1. The van der Waals surface area contributed by atoms with Crippen molar-refractivity contribution in [2.24, 2.45) is 0 Å². The molecule has 0 fully saturated rings. The van der Waals surface area contributed by atoms with E-state index in [1.165, 1.54) is 6.07 Å². The first-order valence-corrected chi connectivity index (χ1v) is 7.29. The largest absolute Gasteiger partial charge is 0.207 e. The van der Waals surface area contributed by atoms with Crippen molar-refractivity contribution in [1.82, 2.24) is 0 Å². The standard InChI is InChI=1S/C13H7BrCl3F/c14-6-9-7(2-1-3-11(9)18)8-4-5-10(15)13(17)12(8)16/h1-5H,6H2. The molecule has 0 N–H and O–H groups in total. The van der Waals surface area contributed by atoms with E-state index in [1.807, 2.05) is 0 Å². The minimum Gasteiger partial charge on any atom is -0.207 e. The van der Waals surface area contributed by atoms with Crippen molar-refractivity contribution in [3.05, 3.63) is 56.8 Å². The van der Waals surface area contributed by atoms with Crippen molar-refractivity contribution in [1.29, 1.82) is 0 Å². The first-order chi connectivity index (χ1) is 8.56. The fraction of sp³-hybridized carbons (Fsp3) is 0.0769. The number of hydrogen-bond donors (Lipinski definition) is 0. The van der Waals surface area contributed by atoms with Gasteiger partial charge in [0.25, 0.3) is 0 Å². The summed E-state index contributed by atoms with van der Waals surface area (Å²) in [4.78, 5) is 0. The van der Waals surface area contributed by atoms with E-state index in [1.54, 1.807) is 24.3 Å². The van der Waals surface area contributed by atoms with E-state index >= 15 is 0 Å². The molecule has 2 aromatic carbocycles. The van der Waals surface area contributed by atoms with E-state index in [2.05, 4.69) is 15.9 Å². The van der Waals surface area contributed by atoms with Crippen LogP contribution in [0.3, 0.4) is 0 Å². The predicted molar refractivity (Wildman–Crippen MR) is 79.5 cm³/mol. The summed E-state index contributed by atoms with van der Waals surface area (Å²) >= 11 is 21.3. The van der Waals surface area contributed by atoms with E-state index in [-0.39, 0.29) is 10.8 Å². The molecular formula is C13H7BrCl3F. The van der Waals surface area contributed by atoms with Crippen LogP contribution in [-0.4, -0.2) is 0 Å². The number of alkyl halides is 1. The van der Waals surface area contributed by atoms with Gasteiger partial charge in [-0.15, -0.1) is 0 Å². The average molecular weight is 368 g/mol. The summed E-state index contributed by atoms with van der Waals surface area (Å²) in [7, 11) is 0. The molecular weight excluding hydrogens is 361 g/mol. The van der Waals surface area contributed by atoms with E-state index in [0.29, 0.717) is 32.1 Å². The van der Waals surface area contributed by atoms with Crippen LogP contribution < -0.4 is 0 Å². The van der Waals surface area contributed by atoms with Gasteiger partial charge in [-0.1, -0.05) is 68.9 Å². The molecule has 0 saturated carbocycles. The second-order valence-electron chi connectivity index (χ2n) is 3.62. The summed E-state index contributed by atoms with van der Waals surface area (Å²) in [5.74, 6) is -0.286. The summed E-state index contributed by atoms with van der Waals surface area (Å²) in [6, 6.07) is 8.22. The summed E-state index contributed by atoms with van der Waals surface area (Å²) in [6.07, 6.45) is 0. The zero-order valence-corrected chi connectivity index (χ0v) is 12.8. The van der Waals surface area contributed by atoms with Gasteiger partial charge in [-0.3, -0.25) is 0 Å². The second-order valence-corrected chi connectivity index (χ2v) is 5.35. The summed E-state index contributed by atoms with van der Waals surface area (Å²) < 4.78 is 13.7. The van der Waals surface area contributed by atoms with Crippen LogP contribution in [0.25, 0.3) is 11.1 Å². The molecule has 0 spiro atoms. The zero-order chi connectivity index (χ0) is 13.3. The predicted octanol–water partition coefficient (Wildman–Crippen LogP) is 6.35. The fourth-order valence-electron chi connectivity index (χ4n) is 1.68. The fourth-order valence-corrected chi connectivity index (χ4v) is 2.89. The topological polar surface area (TPSA) is 0 Å². The lowest BCUT2D eigenvalue weighted by Gasteiger charge is -2.11. The van der Waals surface area contributed by atoms with Gasteiger partial charge in [0, 0.05) is 16.5 Å². The van der Waals surface area contributed by atoms with Crippen LogP contribution in [-0.2, 0) is 5.33 Å². The van der Waals surface area contributed by atoms with E-state index in [4.69, 9.17) is 34.8 Å². The maximum atomic E-state index is 13.7. The molecule has 0 nitrogen and oxygen atoms in total. The Morgan fingerprint density at radius 3 is 2.33 bits per heavy atom. The Balaban J connectivity index is 2.70. The van der Waals surface area contributed by atoms with Crippen molar-refractivity contribution in [2.45, 2.75) is 5.33 Å². The van der Waals surface area contributed by atoms with Crippen LogP contribution in [0.15, 0.2) is 30.3 Å². The Kier molecular flexibility index (Phi) is 4.54. The third-order valence-corrected chi connectivity index (χ3v) is 4.43. The molecule has 0 saturated heterocycles. The lowest BCUT2D eigenvalue weighted by atomic mass is 10.0. The summed E-state index contributed by atoms with van der Waals surface area (Å²) in [5, 5.41) is 1.38. The zero-order valence-electron chi connectivity index (χ0n) is 8.98. The Bertz CT molecular complexity index is 599. The van der Waals surface area contributed by atoms with Gasteiger partial charge in [-0.2, -0.15) is 0 Å². The Morgan fingerprint density at radius 1 is 0.944 bits per heavy atom. The van der Waals surface area contributed by atoms with Crippen LogP contribution in [0.1, 0.15) is 5.56 Å². The van der Waals surface area contributed by atoms with Crippen LogP contribution in [0.2, 0.25) is 15.1 Å². The lowest BCUT2D eigenvalue weighted by Crippen LogP contribution is -1.92. The monoisotopic (exact) mass is 366 g/mol. The third-order valence-electron chi connectivity index (χ3n) is 2.58. The Morgan fingerprint density at radius 2 is 1.67 bits per heavy atom. The molecule has 2 aromatic rings.